The molecule has 0 atom stereocenters. The van der Waals surface area contributed by atoms with Crippen LogP contribution in [-0.4, -0.2) is 19.8 Å². The summed E-state index contributed by atoms with van der Waals surface area (Å²) in [4.78, 5) is 3.68. The highest BCUT2D eigenvalue weighted by molar-refractivity contribution is 7.89. The van der Waals surface area contributed by atoms with Crippen molar-refractivity contribution in [1.29, 1.82) is 0 Å². The Hall–Kier alpha value is -2.13. The highest BCUT2D eigenvalue weighted by Crippen LogP contribution is 2.23. The van der Waals surface area contributed by atoms with Crippen molar-refractivity contribution in [2.75, 3.05) is 0 Å². The van der Waals surface area contributed by atoms with E-state index in [0.717, 1.165) is 24.3 Å². The maximum absolute atomic E-state index is 12.0. The van der Waals surface area contributed by atoms with E-state index in [-0.39, 0.29) is 11.4 Å². The van der Waals surface area contributed by atoms with Gasteiger partial charge in [-0.2, -0.15) is 0 Å². The molecule has 0 saturated heterocycles. The van der Waals surface area contributed by atoms with E-state index >= 15 is 0 Å². The van der Waals surface area contributed by atoms with Crippen molar-refractivity contribution >= 4 is 10.0 Å². The van der Waals surface area contributed by atoms with Crippen LogP contribution in [0.4, 0.5) is 13.2 Å². The first kappa shape index (κ1) is 16.2. The number of hydrogen-bond acceptors (Lipinski definition) is 4. The number of pyridine rings is 1. The van der Waals surface area contributed by atoms with Gasteiger partial charge in [-0.05, 0) is 35.9 Å². The molecule has 2 aromatic rings. The number of halogens is 3. The largest absolute Gasteiger partial charge is 0.573 e. The molecule has 0 radical (unpaired) electrons. The minimum atomic E-state index is -4.82. The molecular weight excluding hydrogens is 321 g/mol. The molecule has 0 amide bonds. The van der Waals surface area contributed by atoms with Crippen LogP contribution in [0.1, 0.15) is 5.56 Å². The Labute approximate surface area is 124 Å². The summed E-state index contributed by atoms with van der Waals surface area (Å²) in [5.74, 6) is -0.487. The molecule has 1 aromatic carbocycles. The van der Waals surface area contributed by atoms with E-state index in [4.69, 9.17) is 0 Å². The molecular formula is C13H11F3N2O3S. The normalized spacial score (nSPS) is 12.1. The monoisotopic (exact) mass is 332 g/mol. The number of alkyl halides is 3. The van der Waals surface area contributed by atoms with Crippen molar-refractivity contribution in [3.63, 3.8) is 0 Å². The molecule has 0 fully saturated rings. The van der Waals surface area contributed by atoms with Gasteiger partial charge in [-0.3, -0.25) is 4.98 Å². The van der Waals surface area contributed by atoms with Gasteiger partial charge in [0.05, 0.1) is 4.90 Å². The molecule has 2 rings (SSSR count). The molecule has 1 N–H and O–H groups in total. The number of nitrogens with zero attached hydrogens (tertiary/aromatic N) is 1. The number of aromatic nitrogens is 1. The number of ether oxygens (including phenoxy) is 1. The van der Waals surface area contributed by atoms with Crippen LogP contribution < -0.4 is 9.46 Å². The third kappa shape index (κ3) is 4.71. The van der Waals surface area contributed by atoms with Gasteiger partial charge in [-0.15, -0.1) is 13.2 Å². The van der Waals surface area contributed by atoms with E-state index < -0.39 is 22.1 Å². The second-order valence-electron chi connectivity index (χ2n) is 4.21. The van der Waals surface area contributed by atoms with Crippen molar-refractivity contribution in [2.45, 2.75) is 17.8 Å². The minimum absolute atomic E-state index is 0.0248. The SMILES string of the molecule is O=S(=O)(NCc1cccnc1)c1ccc(OC(F)(F)F)cc1. The molecule has 0 spiro atoms. The van der Waals surface area contributed by atoms with Crippen LogP contribution in [0.2, 0.25) is 0 Å². The maximum Gasteiger partial charge on any atom is 0.573 e. The van der Waals surface area contributed by atoms with Crippen molar-refractivity contribution in [3.05, 3.63) is 54.4 Å². The van der Waals surface area contributed by atoms with Gasteiger partial charge >= 0.3 is 6.36 Å². The number of sulfonamides is 1. The molecule has 0 saturated carbocycles. The van der Waals surface area contributed by atoms with Gasteiger partial charge in [0.1, 0.15) is 5.75 Å². The Kier molecular flexibility index (Phi) is 4.67. The first-order valence-electron chi connectivity index (χ1n) is 6.01. The van der Waals surface area contributed by atoms with Crippen LogP contribution >= 0.6 is 0 Å². The molecule has 9 heteroatoms. The summed E-state index contributed by atoms with van der Waals surface area (Å²) in [5, 5.41) is 0. The molecule has 1 heterocycles. The Morgan fingerprint density at radius 3 is 2.36 bits per heavy atom. The topological polar surface area (TPSA) is 68.3 Å². The van der Waals surface area contributed by atoms with Gasteiger partial charge in [-0.1, -0.05) is 6.07 Å². The lowest BCUT2D eigenvalue weighted by Crippen LogP contribution is -2.23. The molecule has 1 aromatic heterocycles. The number of nitrogens with one attached hydrogen (secondary N) is 1. The van der Waals surface area contributed by atoms with E-state index in [1.165, 1.54) is 6.20 Å². The second-order valence-corrected chi connectivity index (χ2v) is 5.97. The van der Waals surface area contributed by atoms with Crippen molar-refractivity contribution in [1.82, 2.24) is 9.71 Å². The first-order chi connectivity index (χ1) is 10.3. The average molecular weight is 332 g/mol. The van der Waals surface area contributed by atoms with Crippen LogP contribution in [0, 0.1) is 0 Å². The van der Waals surface area contributed by atoms with Gasteiger partial charge in [0.2, 0.25) is 10.0 Å². The second kappa shape index (κ2) is 6.32. The average Bonchev–Trinajstić information content (AvgIpc) is 2.45. The predicted molar refractivity (Wildman–Crippen MR) is 71.4 cm³/mol. The maximum atomic E-state index is 12.0. The van der Waals surface area contributed by atoms with Crippen molar-refractivity contribution in [2.24, 2.45) is 0 Å². The van der Waals surface area contributed by atoms with Gasteiger partial charge in [0.25, 0.3) is 0 Å². The molecule has 0 aliphatic rings. The molecule has 0 aliphatic heterocycles. The zero-order valence-corrected chi connectivity index (χ0v) is 11.9. The van der Waals surface area contributed by atoms with Crippen LogP contribution in [0.25, 0.3) is 0 Å². The summed E-state index contributed by atoms with van der Waals surface area (Å²) in [5.41, 5.74) is 0.656. The van der Waals surface area contributed by atoms with Gasteiger partial charge in [0.15, 0.2) is 0 Å². The number of rotatable bonds is 5. The van der Waals surface area contributed by atoms with Crippen molar-refractivity contribution < 1.29 is 26.3 Å². The summed E-state index contributed by atoms with van der Waals surface area (Å²) < 4.78 is 66.1. The standard InChI is InChI=1S/C13H11F3N2O3S/c14-13(15,16)21-11-3-5-12(6-4-11)22(19,20)18-9-10-2-1-7-17-8-10/h1-8,18H,9H2. The van der Waals surface area contributed by atoms with E-state index in [9.17, 15) is 21.6 Å². The molecule has 0 bridgehead atoms. The predicted octanol–water partition coefficient (Wildman–Crippen LogP) is 2.46. The van der Waals surface area contributed by atoms with Crippen LogP contribution in [-0.2, 0) is 16.6 Å². The Morgan fingerprint density at radius 1 is 1.14 bits per heavy atom. The lowest BCUT2D eigenvalue weighted by molar-refractivity contribution is -0.274. The fourth-order valence-corrected chi connectivity index (χ4v) is 2.60. The van der Waals surface area contributed by atoms with Gasteiger partial charge < -0.3 is 4.74 Å². The van der Waals surface area contributed by atoms with E-state index in [1.807, 2.05) is 0 Å². The van der Waals surface area contributed by atoms with Crippen LogP contribution in [0.3, 0.4) is 0 Å². The molecule has 5 nitrogen and oxygen atoms in total. The Bertz CT molecular complexity index is 716. The van der Waals surface area contributed by atoms with Crippen molar-refractivity contribution in [3.8, 4) is 5.75 Å². The number of hydrogen-bond donors (Lipinski definition) is 1. The molecule has 118 valence electrons. The van der Waals surface area contributed by atoms with E-state index in [1.54, 1.807) is 18.3 Å². The summed E-state index contributed by atoms with van der Waals surface area (Å²) in [7, 11) is -3.83. The fraction of sp³-hybridized carbons (Fsp3) is 0.154. The number of benzene rings is 1. The highest BCUT2D eigenvalue weighted by atomic mass is 32.2. The van der Waals surface area contributed by atoms with Crippen LogP contribution in [0.15, 0.2) is 53.7 Å². The minimum Gasteiger partial charge on any atom is -0.406 e. The Morgan fingerprint density at radius 2 is 1.82 bits per heavy atom. The summed E-state index contributed by atoms with van der Waals surface area (Å²) in [6.45, 7) is 0.0248. The first-order valence-corrected chi connectivity index (χ1v) is 7.49. The zero-order chi connectivity index (χ0) is 16.2. The fourth-order valence-electron chi connectivity index (χ4n) is 1.58. The lowest BCUT2D eigenvalue weighted by Gasteiger charge is -2.10. The molecule has 0 unspecified atom stereocenters. The van der Waals surface area contributed by atoms with Gasteiger partial charge in [-0.25, -0.2) is 13.1 Å². The van der Waals surface area contributed by atoms with E-state index in [2.05, 4.69) is 14.4 Å². The molecule has 22 heavy (non-hydrogen) atoms. The Balaban J connectivity index is 2.06. The lowest BCUT2D eigenvalue weighted by atomic mass is 10.3. The third-order valence-electron chi connectivity index (χ3n) is 2.56. The zero-order valence-electron chi connectivity index (χ0n) is 11.0. The molecule has 0 aliphatic carbocycles. The summed E-state index contributed by atoms with van der Waals surface area (Å²) >= 11 is 0. The summed E-state index contributed by atoms with van der Waals surface area (Å²) in [6, 6.07) is 7.29. The smallest absolute Gasteiger partial charge is 0.406 e. The highest BCUT2D eigenvalue weighted by Gasteiger charge is 2.31. The van der Waals surface area contributed by atoms with E-state index in [0.29, 0.717) is 5.56 Å². The third-order valence-corrected chi connectivity index (χ3v) is 3.97. The van der Waals surface area contributed by atoms with Crippen LogP contribution in [0.5, 0.6) is 5.75 Å². The summed E-state index contributed by atoms with van der Waals surface area (Å²) in [6.07, 6.45) is -1.76. The quantitative estimate of drug-likeness (QED) is 0.913. The van der Waals surface area contributed by atoms with Gasteiger partial charge in [0, 0.05) is 18.9 Å².